The lowest BCUT2D eigenvalue weighted by molar-refractivity contribution is -0.134. The van der Waals surface area contributed by atoms with E-state index < -0.39 is 0 Å². The van der Waals surface area contributed by atoms with Crippen LogP contribution in [0.1, 0.15) is 26.7 Å². The molecule has 1 atom stereocenters. The predicted octanol–water partition coefficient (Wildman–Crippen LogP) is 3.88. The Balaban J connectivity index is 1.51. The maximum Gasteiger partial charge on any atom is 0.260 e. The fourth-order valence-corrected chi connectivity index (χ4v) is 3.61. The van der Waals surface area contributed by atoms with Crippen LogP contribution in [0.15, 0.2) is 48.5 Å². The first kappa shape index (κ1) is 22.8. The molecule has 1 saturated heterocycles. The maximum atomic E-state index is 12.3. The van der Waals surface area contributed by atoms with Crippen molar-refractivity contribution in [3.63, 3.8) is 0 Å². The highest BCUT2D eigenvalue weighted by atomic mass is 16.5. The van der Waals surface area contributed by atoms with Crippen LogP contribution < -0.4 is 10.1 Å². The molecule has 1 heterocycles. The summed E-state index contributed by atoms with van der Waals surface area (Å²) >= 11 is 0. The lowest BCUT2D eigenvalue weighted by Crippen LogP contribution is -2.48. The Kier molecular flexibility index (Phi) is 8.06. The Morgan fingerprint density at radius 2 is 1.55 bits per heavy atom. The molecule has 0 aromatic heterocycles. The summed E-state index contributed by atoms with van der Waals surface area (Å²) in [5.74, 6) is 0.783. The predicted molar refractivity (Wildman–Crippen MR) is 124 cm³/mol. The molecule has 1 aliphatic rings. The number of nitrogens with one attached hydrogen (secondary N) is 1. The summed E-state index contributed by atoms with van der Waals surface area (Å²) in [6.45, 7) is 7.42. The molecule has 2 amide bonds. The van der Waals surface area contributed by atoms with Crippen molar-refractivity contribution < 1.29 is 14.3 Å². The Morgan fingerprint density at radius 1 is 0.968 bits per heavy atom. The molecule has 31 heavy (non-hydrogen) atoms. The molecule has 1 fully saturated rings. The van der Waals surface area contributed by atoms with Crippen molar-refractivity contribution in [2.24, 2.45) is 5.92 Å². The minimum Gasteiger partial charge on any atom is -0.484 e. The number of rotatable bonds is 8. The number of amides is 2. The molecule has 1 unspecified atom stereocenters. The summed E-state index contributed by atoms with van der Waals surface area (Å²) < 4.78 is 5.69. The van der Waals surface area contributed by atoms with E-state index in [9.17, 15) is 9.59 Å². The van der Waals surface area contributed by atoms with Crippen LogP contribution in [0.3, 0.4) is 0 Å². The molecule has 3 rings (SSSR count). The van der Waals surface area contributed by atoms with E-state index in [0.29, 0.717) is 5.75 Å². The van der Waals surface area contributed by atoms with Crippen LogP contribution in [0.5, 0.6) is 5.75 Å². The van der Waals surface area contributed by atoms with Gasteiger partial charge in [0.25, 0.3) is 5.91 Å². The minimum atomic E-state index is 0.0142. The minimum absolute atomic E-state index is 0.0142. The van der Waals surface area contributed by atoms with E-state index in [0.717, 1.165) is 55.8 Å². The number of nitrogens with zero attached hydrogens (tertiary/aromatic N) is 2. The van der Waals surface area contributed by atoms with E-state index in [2.05, 4.69) is 24.2 Å². The van der Waals surface area contributed by atoms with Crippen molar-refractivity contribution in [3.8, 4) is 16.9 Å². The Labute approximate surface area is 185 Å². The second-order valence-electron chi connectivity index (χ2n) is 8.25. The van der Waals surface area contributed by atoms with Gasteiger partial charge in [-0.05, 0) is 48.9 Å². The number of carbonyl (C=O) groups is 2. The van der Waals surface area contributed by atoms with Gasteiger partial charge in [0.1, 0.15) is 5.75 Å². The maximum absolute atomic E-state index is 12.3. The van der Waals surface area contributed by atoms with Crippen molar-refractivity contribution in [2.75, 3.05) is 45.2 Å². The van der Waals surface area contributed by atoms with E-state index in [1.54, 1.807) is 0 Å². The number of anilines is 1. The standard InChI is InChI=1S/C25H33N3O3/c1-4-5-19(2)25(30)26-22-10-6-20(7-11-22)21-8-12-23(13-9-21)31-18-24(29)28-16-14-27(3)15-17-28/h6-13,19H,4-5,14-18H2,1-3H3,(H,26,30). The SMILES string of the molecule is CCCC(C)C(=O)Nc1ccc(-c2ccc(OCC(=O)N3CCN(C)CC3)cc2)cc1. The highest BCUT2D eigenvalue weighted by molar-refractivity contribution is 5.92. The van der Waals surface area contributed by atoms with Crippen molar-refractivity contribution in [1.29, 1.82) is 0 Å². The summed E-state index contributed by atoms with van der Waals surface area (Å²) in [7, 11) is 2.07. The van der Waals surface area contributed by atoms with Crippen molar-refractivity contribution in [1.82, 2.24) is 9.80 Å². The van der Waals surface area contributed by atoms with Gasteiger partial charge in [-0.15, -0.1) is 0 Å². The smallest absolute Gasteiger partial charge is 0.260 e. The third kappa shape index (κ3) is 6.56. The van der Waals surface area contributed by atoms with Crippen LogP contribution in [0.25, 0.3) is 11.1 Å². The number of carbonyl (C=O) groups excluding carboxylic acids is 2. The second kappa shape index (κ2) is 11.0. The molecular weight excluding hydrogens is 390 g/mol. The van der Waals surface area contributed by atoms with E-state index in [4.69, 9.17) is 4.74 Å². The molecule has 0 saturated carbocycles. The second-order valence-corrected chi connectivity index (χ2v) is 8.25. The Bertz CT molecular complexity index is 857. The number of likely N-dealkylation sites (N-methyl/N-ethyl adjacent to an activating group) is 1. The zero-order valence-electron chi connectivity index (χ0n) is 18.8. The summed E-state index contributed by atoms with van der Waals surface area (Å²) in [4.78, 5) is 28.5. The first-order valence-corrected chi connectivity index (χ1v) is 11.1. The Hall–Kier alpha value is -2.86. The molecule has 1 N–H and O–H groups in total. The molecule has 0 spiro atoms. The normalized spacial score (nSPS) is 15.4. The van der Waals surface area contributed by atoms with E-state index in [-0.39, 0.29) is 24.3 Å². The van der Waals surface area contributed by atoms with Gasteiger partial charge in [-0.2, -0.15) is 0 Å². The zero-order chi connectivity index (χ0) is 22.2. The highest BCUT2D eigenvalue weighted by Gasteiger charge is 2.19. The highest BCUT2D eigenvalue weighted by Crippen LogP contribution is 2.24. The van der Waals surface area contributed by atoms with Gasteiger partial charge in [-0.1, -0.05) is 44.5 Å². The largest absolute Gasteiger partial charge is 0.484 e. The Morgan fingerprint density at radius 3 is 2.13 bits per heavy atom. The first-order valence-electron chi connectivity index (χ1n) is 11.1. The summed E-state index contributed by atoms with van der Waals surface area (Å²) in [6.07, 6.45) is 1.89. The fourth-order valence-electron chi connectivity index (χ4n) is 3.61. The number of piperazine rings is 1. The number of hydrogen-bond acceptors (Lipinski definition) is 4. The average Bonchev–Trinajstić information content (AvgIpc) is 2.79. The van der Waals surface area contributed by atoms with Crippen LogP contribution >= 0.6 is 0 Å². The third-order valence-corrected chi connectivity index (χ3v) is 5.73. The summed E-state index contributed by atoms with van der Waals surface area (Å²) in [5.41, 5.74) is 2.91. The lowest BCUT2D eigenvalue weighted by Gasteiger charge is -2.32. The van der Waals surface area contributed by atoms with Crippen LogP contribution in [-0.4, -0.2) is 61.4 Å². The molecule has 2 aromatic rings. The van der Waals surface area contributed by atoms with E-state index in [1.165, 1.54) is 0 Å². The van der Waals surface area contributed by atoms with Crippen molar-refractivity contribution >= 4 is 17.5 Å². The molecular formula is C25H33N3O3. The zero-order valence-corrected chi connectivity index (χ0v) is 18.8. The van der Waals surface area contributed by atoms with Crippen LogP contribution in [0.4, 0.5) is 5.69 Å². The molecule has 0 aliphatic carbocycles. The molecule has 0 radical (unpaired) electrons. The molecule has 6 nitrogen and oxygen atoms in total. The fraction of sp³-hybridized carbons (Fsp3) is 0.440. The topological polar surface area (TPSA) is 61.9 Å². The first-order chi connectivity index (χ1) is 15.0. The average molecular weight is 424 g/mol. The van der Waals surface area contributed by atoms with Gasteiger partial charge in [-0.25, -0.2) is 0 Å². The van der Waals surface area contributed by atoms with Gasteiger partial charge in [0.15, 0.2) is 6.61 Å². The van der Waals surface area contributed by atoms with Gasteiger partial charge in [0, 0.05) is 37.8 Å². The quantitative estimate of drug-likeness (QED) is 0.700. The monoisotopic (exact) mass is 423 g/mol. The summed E-state index contributed by atoms with van der Waals surface area (Å²) in [5, 5.41) is 2.97. The molecule has 166 valence electrons. The molecule has 0 bridgehead atoms. The van der Waals surface area contributed by atoms with E-state index in [1.807, 2.05) is 60.4 Å². The van der Waals surface area contributed by atoms with Crippen LogP contribution in [0, 0.1) is 5.92 Å². The van der Waals surface area contributed by atoms with Crippen molar-refractivity contribution in [2.45, 2.75) is 26.7 Å². The van der Waals surface area contributed by atoms with Gasteiger partial charge >= 0.3 is 0 Å². The molecule has 1 aliphatic heterocycles. The lowest BCUT2D eigenvalue weighted by atomic mass is 10.0. The number of benzene rings is 2. The summed E-state index contributed by atoms with van der Waals surface area (Å²) in [6, 6.07) is 15.6. The van der Waals surface area contributed by atoms with Crippen LogP contribution in [0.2, 0.25) is 0 Å². The number of ether oxygens (including phenoxy) is 1. The third-order valence-electron chi connectivity index (χ3n) is 5.73. The number of hydrogen-bond donors (Lipinski definition) is 1. The van der Waals surface area contributed by atoms with Gasteiger partial charge in [0.2, 0.25) is 5.91 Å². The molecule has 6 heteroatoms. The van der Waals surface area contributed by atoms with Gasteiger partial charge in [-0.3, -0.25) is 9.59 Å². The van der Waals surface area contributed by atoms with Crippen LogP contribution in [-0.2, 0) is 9.59 Å². The molecule has 2 aromatic carbocycles. The van der Waals surface area contributed by atoms with Gasteiger partial charge < -0.3 is 19.9 Å². The van der Waals surface area contributed by atoms with Crippen molar-refractivity contribution in [3.05, 3.63) is 48.5 Å². The van der Waals surface area contributed by atoms with Gasteiger partial charge in [0.05, 0.1) is 0 Å². The van der Waals surface area contributed by atoms with E-state index >= 15 is 0 Å².